The van der Waals surface area contributed by atoms with Crippen LogP contribution in [0.5, 0.6) is 0 Å². The summed E-state index contributed by atoms with van der Waals surface area (Å²) in [4.78, 5) is 43.6. The van der Waals surface area contributed by atoms with Gasteiger partial charge in [0, 0.05) is 23.5 Å². The van der Waals surface area contributed by atoms with Gasteiger partial charge < -0.3 is 26.1 Å². The molecule has 0 fully saturated rings. The number of benzene rings is 2. The zero-order valence-electron chi connectivity index (χ0n) is 25.4. The van der Waals surface area contributed by atoms with E-state index < -0.39 is 51.0 Å². The normalized spacial score (nSPS) is 13.7. The van der Waals surface area contributed by atoms with Crippen molar-refractivity contribution in [3.63, 3.8) is 0 Å². The van der Waals surface area contributed by atoms with E-state index in [1.807, 2.05) is 24.3 Å². The monoisotopic (exact) mass is 613 g/mol. The van der Waals surface area contributed by atoms with Gasteiger partial charge in [-0.05, 0) is 84.2 Å². The number of amides is 2. The maximum Gasteiger partial charge on any atom is 0.329 e. The number of H-pyrrole nitrogens is 1. The Morgan fingerprint density at radius 1 is 0.907 bits per heavy atom. The van der Waals surface area contributed by atoms with Gasteiger partial charge in [0.1, 0.15) is 23.2 Å². The lowest BCUT2D eigenvalue weighted by atomic mass is 10.0. The van der Waals surface area contributed by atoms with Crippen molar-refractivity contribution in [3.8, 4) is 0 Å². The van der Waals surface area contributed by atoms with Gasteiger partial charge in [-0.2, -0.15) is 4.72 Å². The Labute approximate surface area is 253 Å². The Hall–Kier alpha value is -3.74. The predicted molar refractivity (Wildman–Crippen MR) is 165 cm³/mol. The highest BCUT2D eigenvalue weighted by Gasteiger charge is 2.37. The zero-order valence-corrected chi connectivity index (χ0v) is 26.2. The molecule has 0 aliphatic carbocycles. The zero-order chi connectivity index (χ0) is 31.8. The van der Waals surface area contributed by atoms with Gasteiger partial charge in [-0.25, -0.2) is 13.2 Å². The number of ether oxygens (including phenoxy) is 1. The Morgan fingerprint density at radius 2 is 1.56 bits per heavy atom. The molecule has 43 heavy (non-hydrogen) atoms. The number of unbranched alkanes of at least 4 members (excludes halogenated alkanes) is 1. The van der Waals surface area contributed by atoms with Gasteiger partial charge in [0.05, 0.1) is 4.90 Å². The van der Waals surface area contributed by atoms with E-state index in [2.05, 4.69) is 20.3 Å². The summed E-state index contributed by atoms with van der Waals surface area (Å²) in [5, 5.41) is 6.37. The molecule has 2 atom stereocenters. The minimum Gasteiger partial charge on any atom is -0.458 e. The van der Waals surface area contributed by atoms with Crippen molar-refractivity contribution in [2.45, 2.75) is 88.4 Å². The number of hydrogen-bond acceptors (Lipinski definition) is 7. The third-order valence-electron chi connectivity index (χ3n) is 6.69. The van der Waals surface area contributed by atoms with Gasteiger partial charge in [0.2, 0.25) is 21.8 Å². The van der Waals surface area contributed by atoms with Crippen LogP contribution in [0.15, 0.2) is 65.7 Å². The molecule has 0 radical (unpaired) electrons. The van der Waals surface area contributed by atoms with Crippen LogP contribution in [0.25, 0.3) is 10.9 Å². The molecule has 1 aromatic heterocycles. The van der Waals surface area contributed by atoms with E-state index >= 15 is 0 Å². The third-order valence-corrected chi connectivity index (χ3v) is 8.36. The molecule has 0 bridgehead atoms. The second-order valence-corrected chi connectivity index (χ2v) is 13.7. The smallest absolute Gasteiger partial charge is 0.329 e. The molecule has 11 nitrogen and oxygen atoms in total. The number of aromatic amines is 1. The van der Waals surface area contributed by atoms with E-state index in [1.54, 1.807) is 45.2 Å². The van der Waals surface area contributed by atoms with Crippen molar-refractivity contribution in [2.75, 3.05) is 6.54 Å². The molecule has 2 aromatic carbocycles. The van der Waals surface area contributed by atoms with Gasteiger partial charge in [0.25, 0.3) is 0 Å². The molecule has 6 N–H and O–H groups in total. The van der Waals surface area contributed by atoms with Crippen LogP contribution in [0.2, 0.25) is 0 Å². The molecule has 0 spiro atoms. The first-order valence-corrected chi connectivity index (χ1v) is 15.8. The fourth-order valence-electron chi connectivity index (χ4n) is 4.50. The number of carbonyl (C=O) groups is 3. The van der Waals surface area contributed by atoms with E-state index in [1.165, 1.54) is 26.0 Å². The number of nitrogens with two attached hydrogens (primary N) is 1. The highest BCUT2D eigenvalue weighted by molar-refractivity contribution is 7.89. The van der Waals surface area contributed by atoms with E-state index in [0.29, 0.717) is 25.8 Å². The number of aromatic nitrogens is 1. The SMILES string of the molecule is CC(C)(C)OC(=O)C(CCCCN)NC(=O)C(Cc1c[nH]c2ccccc12)NC(=O)C(C)(C)NS(=O)(=O)c1ccccc1. The molecular formula is C31H43N5O6S. The predicted octanol–water partition coefficient (Wildman–Crippen LogP) is 2.91. The number of carbonyl (C=O) groups excluding carboxylic acids is 3. The molecule has 0 saturated carbocycles. The van der Waals surface area contributed by atoms with Crippen molar-refractivity contribution in [3.05, 3.63) is 66.4 Å². The molecule has 3 aromatic rings. The molecule has 0 saturated heterocycles. The van der Waals surface area contributed by atoms with Crippen LogP contribution in [0.3, 0.4) is 0 Å². The molecular weight excluding hydrogens is 570 g/mol. The van der Waals surface area contributed by atoms with Gasteiger partial charge in [-0.3, -0.25) is 9.59 Å². The molecule has 3 rings (SSSR count). The van der Waals surface area contributed by atoms with E-state index in [0.717, 1.165) is 16.5 Å². The number of rotatable bonds is 14. The largest absolute Gasteiger partial charge is 0.458 e. The summed E-state index contributed by atoms with van der Waals surface area (Å²) < 4.78 is 34.0. The summed E-state index contributed by atoms with van der Waals surface area (Å²) in [6, 6.07) is 13.1. The van der Waals surface area contributed by atoms with Crippen molar-refractivity contribution in [2.24, 2.45) is 5.73 Å². The summed E-state index contributed by atoms with van der Waals surface area (Å²) in [7, 11) is -4.05. The first-order valence-electron chi connectivity index (χ1n) is 14.3. The van der Waals surface area contributed by atoms with Gasteiger partial charge >= 0.3 is 5.97 Å². The van der Waals surface area contributed by atoms with E-state index in [9.17, 15) is 22.8 Å². The molecule has 12 heteroatoms. The van der Waals surface area contributed by atoms with Crippen LogP contribution in [0, 0.1) is 0 Å². The topological polar surface area (TPSA) is 172 Å². The van der Waals surface area contributed by atoms with Gasteiger partial charge in [0.15, 0.2) is 0 Å². The highest BCUT2D eigenvalue weighted by atomic mass is 32.2. The average Bonchev–Trinajstić information content (AvgIpc) is 3.33. The van der Waals surface area contributed by atoms with Crippen LogP contribution >= 0.6 is 0 Å². The maximum atomic E-state index is 13.8. The van der Waals surface area contributed by atoms with Crippen molar-refractivity contribution >= 4 is 38.7 Å². The van der Waals surface area contributed by atoms with Gasteiger partial charge in [-0.15, -0.1) is 0 Å². The van der Waals surface area contributed by atoms with Crippen LogP contribution < -0.4 is 21.1 Å². The fraction of sp³-hybridized carbons (Fsp3) is 0.452. The van der Waals surface area contributed by atoms with Crippen LogP contribution in [-0.2, 0) is 35.6 Å². The number of hydrogen-bond donors (Lipinski definition) is 5. The Kier molecular flexibility index (Phi) is 11.1. The Morgan fingerprint density at radius 3 is 2.21 bits per heavy atom. The minimum absolute atomic E-state index is 0.00152. The second-order valence-electron chi connectivity index (χ2n) is 12.0. The number of sulfonamides is 1. The highest BCUT2D eigenvalue weighted by Crippen LogP contribution is 2.20. The lowest BCUT2D eigenvalue weighted by Crippen LogP contribution is -2.60. The Bertz CT molecular complexity index is 1510. The minimum atomic E-state index is -4.05. The number of esters is 1. The lowest BCUT2D eigenvalue weighted by Gasteiger charge is -2.29. The van der Waals surface area contributed by atoms with Crippen LogP contribution in [0.1, 0.15) is 59.4 Å². The average molecular weight is 614 g/mol. The van der Waals surface area contributed by atoms with Crippen molar-refractivity contribution < 1.29 is 27.5 Å². The standard InChI is InChI=1S/C31H43N5O6S/c1-30(2,3)42-28(38)25(17-11-12-18-32)34-27(37)26(19-21-20-33-24-16-10-9-15-23(21)24)35-29(39)31(4,5)36-43(40,41)22-13-7-6-8-14-22/h6-10,13-16,20,25-26,33,36H,11-12,17-19,32H2,1-5H3,(H,34,37)(H,35,39). The van der Waals surface area contributed by atoms with Crippen molar-refractivity contribution in [1.29, 1.82) is 0 Å². The molecule has 1 heterocycles. The quantitative estimate of drug-likeness (QED) is 0.137. The first kappa shape index (κ1) is 33.8. The summed E-state index contributed by atoms with van der Waals surface area (Å²) >= 11 is 0. The first-order chi connectivity index (χ1) is 20.1. The molecule has 0 aliphatic heterocycles. The molecule has 2 unspecified atom stereocenters. The number of fused-ring (bicyclic) bond motifs is 1. The summed E-state index contributed by atoms with van der Waals surface area (Å²) in [5.41, 5.74) is 4.85. The summed E-state index contributed by atoms with van der Waals surface area (Å²) in [6.07, 6.45) is 3.36. The maximum absolute atomic E-state index is 13.8. The second kappa shape index (κ2) is 14.2. The summed E-state index contributed by atoms with van der Waals surface area (Å²) in [5.74, 6) is -1.92. The number of para-hydroxylation sites is 1. The lowest BCUT2D eigenvalue weighted by molar-refractivity contribution is -0.159. The van der Waals surface area contributed by atoms with Crippen LogP contribution in [-0.4, -0.2) is 61.0 Å². The number of nitrogens with one attached hydrogen (secondary N) is 4. The van der Waals surface area contributed by atoms with Crippen molar-refractivity contribution in [1.82, 2.24) is 20.3 Å². The Balaban J connectivity index is 1.88. The van der Waals surface area contributed by atoms with Crippen LogP contribution in [0.4, 0.5) is 0 Å². The van der Waals surface area contributed by atoms with E-state index in [4.69, 9.17) is 10.5 Å². The molecule has 234 valence electrons. The molecule has 0 aliphatic rings. The molecule has 2 amide bonds. The van der Waals surface area contributed by atoms with E-state index in [-0.39, 0.29) is 11.3 Å². The van der Waals surface area contributed by atoms with Gasteiger partial charge in [-0.1, -0.05) is 36.4 Å². The third kappa shape index (κ3) is 9.63. The fourth-order valence-corrected chi connectivity index (χ4v) is 5.89. The summed E-state index contributed by atoms with van der Waals surface area (Å²) in [6.45, 7) is 8.48.